The maximum Gasteiger partial charge on any atom is 0.105 e. The highest BCUT2D eigenvalue weighted by atomic mass is 16.5. The minimum atomic E-state index is 0.751. The maximum absolute atomic E-state index is 5.50. The summed E-state index contributed by atoms with van der Waals surface area (Å²) in [4.78, 5) is 4.27. The Hall–Kier alpha value is -2.59. The van der Waals surface area contributed by atoms with Gasteiger partial charge in [0.15, 0.2) is 0 Å². The van der Waals surface area contributed by atoms with Crippen LogP contribution in [-0.4, -0.2) is 16.2 Å². The monoisotopic (exact) mass is 333 g/mol. The lowest BCUT2D eigenvalue weighted by molar-refractivity contribution is 0.110. The van der Waals surface area contributed by atoms with Crippen molar-refractivity contribution in [3.8, 4) is 0 Å². The van der Waals surface area contributed by atoms with Gasteiger partial charge in [-0.25, -0.2) is 4.98 Å². The number of anilines is 1. The molecule has 1 aliphatic heterocycles. The number of nitrogens with one attached hydrogen (secondary N) is 1. The summed E-state index contributed by atoms with van der Waals surface area (Å²) in [5, 5.41) is 3.51. The van der Waals surface area contributed by atoms with Crippen LogP contribution in [-0.2, 0) is 30.9 Å². The van der Waals surface area contributed by atoms with Crippen LogP contribution in [0.5, 0.6) is 0 Å². The number of imidazole rings is 1. The summed E-state index contributed by atoms with van der Waals surface area (Å²) in [6.07, 6.45) is 4.88. The van der Waals surface area contributed by atoms with Crippen LogP contribution < -0.4 is 5.32 Å². The summed E-state index contributed by atoms with van der Waals surface area (Å²) in [7, 11) is 0. The molecule has 0 saturated heterocycles. The van der Waals surface area contributed by atoms with Gasteiger partial charge in [-0.05, 0) is 47.7 Å². The van der Waals surface area contributed by atoms with Crippen LogP contribution in [0.2, 0.25) is 0 Å². The van der Waals surface area contributed by atoms with Crippen molar-refractivity contribution in [2.45, 2.75) is 33.0 Å². The number of aryl methyl sites for hydroxylation is 1. The molecule has 4 rings (SSSR count). The van der Waals surface area contributed by atoms with E-state index in [1.807, 2.05) is 19.3 Å². The van der Waals surface area contributed by atoms with Gasteiger partial charge in [0.25, 0.3) is 0 Å². The molecule has 0 bridgehead atoms. The Bertz CT molecular complexity index is 852. The van der Waals surface area contributed by atoms with Crippen LogP contribution >= 0.6 is 0 Å². The van der Waals surface area contributed by atoms with Gasteiger partial charge in [-0.3, -0.25) is 0 Å². The molecule has 0 aliphatic carbocycles. The van der Waals surface area contributed by atoms with Gasteiger partial charge in [-0.15, -0.1) is 0 Å². The topological polar surface area (TPSA) is 39.1 Å². The Balaban J connectivity index is 1.37. The standard InChI is InChI=1S/C21H23N3O/c1-16-22-9-10-24(16)14-17-3-6-21(7-4-17)23-13-18-2-5-20-15-25-11-8-19(20)12-18/h2-7,9-10,12,23H,8,11,13-15H2,1H3. The highest BCUT2D eigenvalue weighted by Gasteiger charge is 2.09. The minimum absolute atomic E-state index is 0.751. The van der Waals surface area contributed by atoms with E-state index in [0.29, 0.717) is 0 Å². The molecule has 0 unspecified atom stereocenters. The third-order valence-electron chi connectivity index (χ3n) is 4.77. The number of hydrogen-bond donors (Lipinski definition) is 1. The van der Waals surface area contributed by atoms with Gasteiger partial charge in [0.1, 0.15) is 5.82 Å². The van der Waals surface area contributed by atoms with Crippen molar-refractivity contribution < 1.29 is 4.74 Å². The number of nitrogens with zero attached hydrogens (tertiary/aromatic N) is 2. The Kier molecular flexibility index (Phi) is 4.53. The molecule has 25 heavy (non-hydrogen) atoms. The predicted molar refractivity (Wildman–Crippen MR) is 99.6 cm³/mol. The Morgan fingerprint density at radius 3 is 2.72 bits per heavy atom. The summed E-state index contributed by atoms with van der Waals surface area (Å²) in [6.45, 7) is 5.32. The van der Waals surface area contributed by atoms with Crippen LogP contribution in [0.4, 0.5) is 5.69 Å². The second kappa shape index (κ2) is 7.11. The fourth-order valence-corrected chi connectivity index (χ4v) is 3.23. The van der Waals surface area contributed by atoms with Crippen molar-refractivity contribution in [3.63, 3.8) is 0 Å². The Morgan fingerprint density at radius 2 is 1.92 bits per heavy atom. The van der Waals surface area contributed by atoms with E-state index >= 15 is 0 Å². The van der Waals surface area contributed by atoms with Crippen molar-refractivity contribution in [1.82, 2.24) is 9.55 Å². The van der Waals surface area contributed by atoms with Gasteiger partial charge < -0.3 is 14.6 Å². The van der Waals surface area contributed by atoms with Crippen LogP contribution in [0.3, 0.4) is 0 Å². The second-order valence-corrected chi connectivity index (χ2v) is 6.56. The number of aromatic nitrogens is 2. The molecular formula is C21H23N3O. The lowest BCUT2D eigenvalue weighted by atomic mass is 10.0. The smallest absolute Gasteiger partial charge is 0.105 e. The van der Waals surface area contributed by atoms with Gasteiger partial charge >= 0.3 is 0 Å². The van der Waals surface area contributed by atoms with Gasteiger partial charge in [0, 0.05) is 31.2 Å². The summed E-state index contributed by atoms with van der Waals surface area (Å²) in [5.41, 5.74) is 6.50. The highest BCUT2D eigenvalue weighted by molar-refractivity contribution is 5.45. The normalized spacial score (nSPS) is 13.5. The van der Waals surface area contributed by atoms with Crippen molar-refractivity contribution in [3.05, 3.63) is 82.9 Å². The van der Waals surface area contributed by atoms with E-state index in [0.717, 1.165) is 44.2 Å². The predicted octanol–water partition coefficient (Wildman–Crippen LogP) is 3.92. The minimum Gasteiger partial charge on any atom is -0.381 e. The molecule has 4 heteroatoms. The van der Waals surface area contributed by atoms with Gasteiger partial charge in [0.2, 0.25) is 0 Å². The molecule has 1 N–H and O–H groups in total. The van der Waals surface area contributed by atoms with Crippen molar-refractivity contribution in [2.75, 3.05) is 11.9 Å². The molecule has 3 aromatic rings. The number of benzene rings is 2. The summed E-state index contributed by atoms with van der Waals surface area (Å²) < 4.78 is 7.65. The average molecular weight is 333 g/mol. The van der Waals surface area contributed by atoms with Crippen molar-refractivity contribution in [1.29, 1.82) is 0 Å². The quantitative estimate of drug-likeness (QED) is 0.769. The SMILES string of the molecule is Cc1nccn1Cc1ccc(NCc2ccc3c(c2)CCOC3)cc1. The van der Waals surface area contributed by atoms with E-state index in [1.165, 1.54) is 22.3 Å². The van der Waals surface area contributed by atoms with Crippen molar-refractivity contribution >= 4 is 5.69 Å². The van der Waals surface area contributed by atoms with E-state index in [4.69, 9.17) is 4.74 Å². The fraction of sp³-hybridized carbons (Fsp3) is 0.286. The first-order chi connectivity index (χ1) is 12.3. The lowest BCUT2D eigenvalue weighted by Crippen LogP contribution is -2.10. The zero-order valence-electron chi connectivity index (χ0n) is 14.5. The summed E-state index contributed by atoms with van der Waals surface area (Å²) in [5.74, 6) is 1.04. The zero-order valence-corrected chi connectivity index (χ0v) is 14.5. The molecule has 0 spiro atoms. The Labute approximate surface area is 148 Å². The molecule has 0 radical (unpaired) electrons. The summed E-state index contributed by atoms with van der Waals surface area (Å²) >= 11 is 0. The first-order valence-corrected chi connectivity index (χ1v) is 8.77. The first kappa shape index (κ1) is 15.9. The molecule has 1 aliphatic rings. The number of rotatable bonds is 5. The van der Waals surface area contributed by atoms with E-state index < -0.39 is 0 Å². The fourth-order valence-electron chi connectivity index (χ4n) is 3.23. The molecule has 1 aromatic heterocycles. The third-order valence-corrected chi connectivity index (χ3v) is 4.77. The third kappa shape index (κ3) is 3.74. The zero-order chi connectivity index (χ0) is 17.1. The second-order valence-electron chi connectivity index (χ2n) is 6.56. The molecule has 0 saturated carbocycles. The molecule has 4 nitrogen and oxygen atoms in total. The highest BCUT2D eigenvalue weighted by Crippen LogP contribution is 2.19. The van der Waals surface area contributed by atoms with Crippen LogP contribution in [0.1, 0.15) is 28.1 Å². The van der Waals surface area contributed by atoms with Crippen LogP contribution in [0.15, 0.2) is 54.9 Å². The molecule has 2 heterocycles. The van der Waals surface area contributed by atoms with E-state index in [1.54, 1.807) is 0 Å². The van der Waals surface area contributed by atoms with E-state index in [-0.39, 0.29) is 0 Å². The van der Waals surface area contributed by atoms with Crippen LogP contribution in [0, 0.1) is 6.92 Å². The molecular weight excluding hydrogens is 310 g/mol. The van der Waals surface area contributed by atoms with Crippen LogP contribution in [0.25, 0.3) is 0 Å². The summed E-state index contributed by atoms with van der Waals surface area (Å²) in [6, 6.07) is 15.3. The van der Waals surface area contributed by atoms with Gasteiger partial charge in [-0.1, -0.05) is 30.3 Å². The lowest BCUT2D eigenvalue weighted by Gasteiger charge is -2.17. The number of ether oxygens (including phenoxy) is 1. The number of hydrogen-bond acceptors (Lipinski definition) is 3. The molecule has 0 fully saturated rings. The molecule has 128 valence electrons. The average Bonchev–Trinajstić information content (AvgIpc) is 3.06. The van der Waals surface area contributed by atoms with E-state index in [2.05, 4.69) is 57.3 Å². The van der Waals surface area contributed by atoms with Crippen molar-refractivity contribution in [2.24, 2.45) is 0 Å². The largest absolute Gasteiger partial charge is 0.381 e. The van der Waals surface area contributed by atoms with Gasteiger partial charge in [0.05, 0.1) is 13.2 Å². The molecule has 0 atom stereocenters. The number of fused-ring (bicyclic) bond motifs is 1. The molecule has 2 aromatic carbocycles. The first-order valence-electron chi connectivity index (χ1n) is 8.77. The Morgan fingerprint density at radius 1 is 1.08 bits per heavy atom. The van der Waals surface area contributed by atoms with Gasteiger partial charge in [-0.2, -0.15) is 0 Å². The van der Waals surface area contributed by atoms with E-state index in [9.17, 15) is 0 Å². The molecule has 0 amide bonds. The maximum atomic E-state index is 5.50.